The highest BCUT2D eigenvalue weighted by molar-refractivity contribution is 5.92. The van der Waals surface area contributed by atoms with Gasteiger partial charge in [0.1, 0.15) is 6.54 Å². The molecule has 2 N–H and O–H groups in total. The molecule has 5 heteroatoms. The van der Waals surface area contributed by atoms with Gasteiger partial charge in [-0.2, -0.15) is 0 Å². The summed E-state index contributed by atoms with van der Waals surface area (Å²) >= 11 is 0. The van der Waals surface area contributed by atoms with Gasteiger partial charge >= 0.3 is 0 Å². The molecule has 0 aliphatic carbocycles. The van der Waals surface area contributed by atoms with Crippen molar-refractivity contribution in [2.24, 2.45) is 0 Å². The monoisotopic (exact) mass is 288 g/mol. The Bertz CT molecular complexity index is 730. The fourth-order valence-electron chi connectivity index (χ4n) is 2.54. The summed E-state index contributed by atoms with van der Waals surface area (Å²) in [7, 11) is 0. The molecule has 1 aromatic heterocycles. The molecule has 2 aromatic rings. The number of carbonyl (C=O) groups is 1. The van der Waals surface area contributed by atoms with Crippen LogP contribution in [0.15, 0.2) is 23.0 Å². The molecule has 1 heterocycles. The molecule has 0 amide bonds. The maximum atomic E-state index is 12.6. The fraction of sp³-hybridized carbons (Fsp3) is 0.375. The number of nitrogens with one attached hydrogen (secondary N) is 2. The number of carbonyl (C=O) groups excluding carboxylic acids is 1. The number of rotatable bonds is 5. The van der Waals surface area contributed by atoms with Gasteiger partial charge in [0.15, 0.2) is 5.43 Å². The highest BCUT2D eigenvalue weighted by atomic mass is 16.4. The lowest BCUT2D eigenvalue weighted by Crippen LogP contribution is -3.10. The van der Waals surface area contributed by atoms with Crippen molar-refractivity contribution in [3.05, 3.63) is 45.2 Å². The minimum atomic E-state index is -1.27. The van der Waals surface area contributed by atoms with Crippen LogP contribution in [0.3, 0.4) is 0 Å². The van der Waals surface area contributed by atoms with Crippen molar-refractivity contribution in [2.75, 3.05) is 13.1 Å². The van der Waals surface area contributed by atoms with E-state index in [0.717, 1.165) is 24.3 Å². The van der Waals surface area contributed by atoms with Crippen molar-refractivity contribution in [3.8, 4) is 0 Å². The van der Waals surface area contributed by atoms with Gasteiger partial charge in [-0.3, -0.25) is 4.79 Å². The van der Waals surface area contributed by atoms with E-state index in [1.165, 1.54) is 17.0 Å². The van der Waals surface area contributed by atoms with Crippen LogP contribution in [0.4, 0.5) is 0 Å². The molecule has 0 unspecified atom stereocenters. The number of quaternary nitrogens is 1. The van der Waals surface area contributed by atoms with Crippen LogP contribution in [0.2, 0.25) is 0 Å². The molecule has 0 spiro atoms. The zero-order chi connectivity index (χ0) is 15.6. The smallest absolute Gasteiger partial charge is 0.198 e. The van der Waals surface area contributed by atoms with E-state index in [0.29, 0.717) is 17.4 Å². The van der Waals surface area contributed by atoms with Crippen LogP contribution in [0.25, 0.3) is 10.9 Å². The van der Waals surface area contributed by atoms with E-state index in [-0.39, 0.29) is 11.0 Å². The average Bonchev–Trinajstić information content (AvgIpc) is 2.47. The molecule has 0 saturated carbocycles. The van der Waals surface area contributed by atoms with Gasteiger partial charge in [-0.15, -0.1) is 0 Å². The number of fused-ring (bicyclic) bond motifs is 1. The number of pyridine rings is 1. The minimum Gasteiger partial charge on any atom is -0.545 e. The molecule has 0 fully saturated rings. The summed E-state index contributed by atoms with van der Waals surface area (Å²) in [5.41, 5.74) is 2.15. The SMILES string of the molecule is CC[NH+](CC)Cc1c(C)[nH]c2ccc(C(=O)[O-])cc2c1=O. The van der Waals surface area contributed by atoms with Crippen LogP contribution in [-0.4, -0.2) is 24.0 Å². The van der Waals surface area contributed by atoms with E-state index in [2.05, 4.69) is 18.8 Å². The lowest BCUT2D eigenvalue weighted by atomic mass is 10.1. The number of aromatic carboxylic acids is 1. The van der Waals surface area contributed by atoms with Crippen LogP contribution in [0, 0.1) is 6.92 Å². The molecule has 0 atom stereocenters. The second kappa shape index (κ2) is 6.10. The first-order valence-corrected chi connectivity index (χ1v) is 7.18. The first-order valence-electron chi connectivity index (χ1n) is 7.18. The van der Waals surface area contributed by atoms with Crippen molar-refractivity contribution in [1.82, 2.24) is 4.98 Å². The molecule has 0 bridgehead atoms. The normalized spacial score (nSPS) is 11.2. The predicted molar refractivity (Wildman–Crippen MR) is 79.4 cm³/mol. The maximum Gasteiger partial charge on any atom is 0.198 e. The Hall–Kier alpha value is -2.14. The van der Waals surface area contributed by atoms with Crippen LogP contribution >= 0.6 is 0 Å². The molecule has 2 rings (SSSR count). The lowest BCUT2D eigenvalue weighted by Gasteiger charge is -2.17. The number of aryl methyl sites for hydroxylation is 1. The molecule has 0 radical (unpaired) electrons. The van der Waals surface area contributed by atoms with E-state index in [1.54, 1.807) is 6.07 Å². The molecule has 0 saturated heterocycles. The zero-order valence-corrected chi connectivity index (χ0v) is 12.6. The second-order valence-electron chi connectivity index (χ2n) is 5.24. The summed E-state index contributed by atoms with van der Waals surface area (Å²) in [6, 6.07) is 4.45. The topological polar surface area (TPSA) is 77.4 Å². The Morgan fingerprint density at radius 2 is 1.95 bits per heavy atom. The summed E-state index contributed by atoms with van der Waals surface area (Å²) in [5, 5.41) is 11.4. The third-order valence-electron chi connectivity index (χ3n) is 3.98. The van der Waals surface area contributed by atoms with Crippen LogP contribution in [0.5, 0.6) is 0 Å². The molecular weight excluding hydrogens is 268 g/mol. The van der Waals surface area contributed by atoms with E-state index < -0.39 is 5.97 Å². The quantitative estimate of drug-likeness (QED) is 0.787. The highest BCUT2D eigenvalue weighted by Crippen LogP contribution is 2.13. The Morgan fingerprint density at radius 3 is 2.52 bits per heavy atom. The lowest BCUT2D eigenvalue weighted by molar-refractivity contribution is -0.910. The van der Waals surface area contributed by atoms with Crippen molar-refractivity contribution < 1.29 is 14.8 Å². The van der Waals surface area contributed by atoms with Gasteiger partial charge in [-0.1, -0.05) is 6.07 Å². The fourth-order valence-corrected chi connectivity index (χ4v) is 2.54. The summed E-state index contributed by atoms with van der Waals surface area (Å²) in [6.45, 7) is 8.56. The van der Waals surface area contributed by atoms with Crippen molar-refractivity contribution in [2.45, 2.75) is 27.3 Å². The molecule has 0 aliphatic heterocycles. The number of hydrogen-bond acceptors (Lipinski definition) is 3. The standard InChI is InChI=1S/C16H20N2O3/c1-4-18(5-2)9-13-10(3)17-14-7-6-11(16(20)21)8-12(14)15(13)19/h6-8H,4-5,9H2,1-3H3,(H,17,19)(H,20,21). The largest absolute Gasteiger partial charge is 0.545 e. The van der Waals surface area contributed by atoms with Gasteiger partial charge in [0.25, 0.3) is 0 Å². The number of carboxylic acids is 1. The van der Waals surface area contributed by atoms with Crippen molar-refractivity contribution in [1.29, 1.82) is 0 Å². The molecular formula is C16H20N2O3. The van der Waals surface area contributed by atoms with Crippen LogP contribution in [0.1, 0.15) is 35.5 Å². The van der Waals surface area contributed by atoms with Gasteiger partial charge in [0.05, 0.1) is 24.6 Å². The van der Waals surface area contributed by atoms with Crippen molar-refractivity contribution >= 4 is 16.9 Å². The minimum absolute atomic E-state index is 0.0259. The third-order valence-corrected chi connectivity index (χ3v) is 3.98. The van der Waals surface area contributed by atoms with E-state index in [9.17, 15) is 14.7 Å². The average molecular weight is 288 g/mol. The Kier molecular flexibility index (Phi) is 4.43. The Balaban J connectivity index is 2.61. The highest BCUT2D eigenvalue weighted by Gasteiger charge is 2.14. The number of hydrogen-bond donors (Lipinski definition) is 2. The van der Waals surface area contributed by atoms with Gasteiger partial charge in [-0.25, -0.2) is 0 Å². The third kappa shape index (κ3) is 2.97. The first-order chi connectivity index (χ1) is 9.97. The number of aromatic amines is 1. The zero-order valence-electron chi connectivity index (χ0n) is 12.6. The summed E-state index contributed by atoms with van der Waals surface area (Å²) in [5.74, 6) is -1.27. The van der Waals surface area contributed by atoms with E-state index in [4.69, 9.17) is 0 Å². The molecule has 112 valence electrons. The molecule has 0 aliphatic rings. The molecule has 21 heavy (non-hydrogen) atoms. The van der Waals surface area contributed by atoms with Gasteiger partial charge in [0.2, 0.25) is 0 Å². The summed E-state index contributed by atoms with van der Waals surface area (Å²) < 4.78 is 0. The number of benzene rings is 1. The number of carboxylic acid groups (broad SMARTS) is 1. The van der Waals surface area contributed by atoms with Gasteiger partial charge < -0.3 is 19.8 Å². The van der Waals surface area contributed by atoms with Crippen LogP contribution in [-0.2, 0) is 6.54 Å². The summed E-state index contributed by atoms with van der Waals surface area (Å²) in [6.07, 6.45) is 0. The molecule has 5 nitrogen and oxygen atoms in total. The first kappa shape index (κ1) is 15.3. The second-order valence-corrected chi connectivity index (χ2v) is 5.24. The summed E-state index contributed by atoms with van der Waals surface area (Å²) in [4.78, 5) is 28.1. The van der Waals surface area contributed by atoms with Gasteiger partial charge in [-0.05, 0) is 38.5 Å². The number of H-pyrrole nitrogens is 1. The van der Waals surface area contributed by atoms with Crippen molar-refractivity contribution in [3.63, 3.8) is 0 Å². The van der Waals surface area contributed by atoms with Gasteiger partial charge in [0, 0.05) is 16.6 Å². The molecule has 1 aromatic carbocycles. The predicted octanol–water partition coefficient (Wildman–Crippen LogP) is -0.375. The maximum absolute atomic E-state index is 12.6. The number of aromatic nitrogens is 1. The van der Waals surface area contributed by atoms with E-state index >= 15 is 0 Å². The Labute approximate surface area is 123 Å². The van der Waals surface area contributed by atoms with Crippen LogP contribution < -0.4 is 15.4 Å². The van der Waals surface area contributed by atoms with E-state index in [1.807, 2.05) is 6.92 Å². The Morgan fingerprint density at radius 1 is 1.29 bits per heavy atom.